The minimum absolute atomic E-state index is 0.118. The first-order valence-corrected chi connectivity index (χ1v) is 9.87. The highest BCUT2D eigenvalue weighted by atomic mass is 35.5. The van der Waals surface area contributed by atoms with Gasteiger partial charge in [-0.05, 0) is 48.5 Å². The lowest BCUT2D eigenvalue weighted by Crippen LogP contribution is -2.29. The van der Waals surface area contributed by atoms with E-state index >= 15 is 0 Å². The van der Waals surface area contributed by atoms with Crippen LogP contribution in [0.5, 0.6) is 5.75 Å². The van der Waals surface area contributed by atoms with Crippen LogP contribution in [0.3, 0.4) is 0 Å². The minimum atomic E-state index is -4.88. The average molecular weight is 475 g/mol. The summed E-state index contributed by atoms with van der Waals surface area (Å²) in [6.45, 7) is 0. The SMILES string of the molecule is O=C1C(=O)N(c2ccc(OC(F)(F)F)cc2)C(c2ccccn2)/C1=C(/O)c1cccc(Cl)c1. The standard InChI is InChI=1S/C23H14ClF3N2O4/c24-14-5-3-4-13(12-14)20(30)18-19(17-6-1-2-11-28-17)29(22(32)21(18)31)15-7-9-16(10-8-15)33-23(25,26)27/h1-12,19,30H/b20-18-. The average Bonchev–Trinajstić information content (AvgIpc) is 3.04. The Morgan fingerprint density at radius 2 is 1.76 bits per heavy atom. The quantitative estimate of drug-likeness (QED) is 0.317. The number of hydrogen-bond acceptors (Lipinski definition) is 5. The molecule has 1 fully saturated rings. The molecule has 1 saturated heterocycles. The summed E-state index contributed by atoms with van der Waals surface area (Å²) in [5.41, 5.74) is 0.384. The number of carbonyl (C=O) groups excluding carboxylic acids is 2. The van der Waals surface area contributed by atoms with Gasteiger partial charge in [-0.2, -0.15) is 0 Å². The van der Waals surface area contributed by atoms with Crippen LogP contribution in [0.2, 0.25) is 5.02 Å². The summed E-state index contributed by atoms with van der Waals surface area (Å²) in [4.78, 5) is 31.3. The van der Waals surface area contributed by atoms with Gasteiger partial charge in [0, 0.05) is 22.5 Å². The molecule has 6 nitrogen and oxygen atoms in total. The summed E-state index contributed by atoms with van der Waals surface area (Å²) in [5.74, 6) is -2.89. The molecule has 1 N–H and O–H groups in total. The highest BCUT2D eigenvalue weighted by Gasteiger charge is 2.47. The fourth-order valence-corrected chi connectivity index (χ4v) is 3.71. The number of anilines is 1. The Labute approximate surface area is 190 Å². The van der Waals surface area contributed by atoms with Crippen LogP contribution >= 0.6 is 11.6 Å². The van der Waals surface area contributed by atoms with Crippen LogP contribution in [-0.2, 0) is 9.59 Å². The maximum absolute atomic E-state index is 13.0. The largest absolute Gasteiger partial charge is 0.573 e. The van der Waals surface area contributed by atoms with E-state index in [0.29, 0.717) is 5.02 Å². The second-order valence-electron chi connectivity index (χ2n) is 6.98. The lowest BCUT2D eigenvalue weighted by atomic mass is 9.98. The minimum Gasteiger partial charge on any atom is -0.507 e. The number of aromatic nitrogens is 1. The van der Waals surface area contributed by atoms with Gasteiger partial charge in [0.15, 0.2) is 0 Å². The molecular weight excluding hydrogens is 461 g/mol. The highest BCUT2D eigenvalue weighted by molar-refractivity contribution is 6.51. The summed E-state index contributed by atoms with van der Waals surface area (Å²) >= 11 is 6.00. The Bertz CT molecular complexity index is 1240. The number of alkyl halides is 3. The number of nitrogens with zero attached hydrogens (tertiary/aromatic N) is 2. The van der Waals surface area contributed by atoms with Gasteiger partial charge in [0.1, 0.15) is 17.6 Å². The molecule has 1 unspecified atom stereocenters. The Kier molecular flexibility index (Phi) is 5.82. The number of ketones is 1. The number of aliphatic hydroxyl groups excluding tert-OH is 1. The number of halogens is 4. The van der Waals surface area contributed by atoms with Gasteiger partial charge in [-0.1, -0.05) is 29.8 Å². The lowest BCUT2D eigenvalue weighted by molar-refractivity contribution is -0.274. The molecule has 1 aromatic heterocycles. The van der Waals surface area contributed by atoms with E-state index < -0.39 is 35.6 Å². The molecule has 0 radical (unpaired) electrons. The van der Waals surface area contributed by atoms with Crippen molar-refractivity contribution in [1.82, 2.24) is 4.98 Å². The number of hydrogen-bond donors (Lipinski definition) is 1. The summed E-state index contributed by atoms with van der Waals surface area (Å²) in [5, 5.41) is 11.3. The van der Waals surface area contributed by atoms with Crippen LogP contribution in [0.15, 0.2) is 78.5 Å². The van der Waals surface area contributed by atoms with Gasteiger partial charge in [-0.3, -0.25) is 19.5 Å². The summed E-state index contributed by atoms with van der Waals surface area (Å²) in [7, 11) is 0. The van der Waals surface area contributed by atoms with E-state index in [2.05, 4.69) is 9.72 Å². The van der Waals surface area contributed by atoms with E-state index in [1.54, 1.807) is 30.3 Å². The molecule has 1 atom stereocenters. The summed E-state index contributed by atoms with van der Waals surface area (Å²) in [6, 6.07) is 14.3. The van der Waals surface area contributed by atoms with Crippen LogP contribution in [0.4, 0.5) is 18.9 Å². The van der Waals surface area contributed by atoms with Crippen LogP contribution in [0, 0.1) is 0 Å². The molecule has 33 heavy (non-hydrogen) atoms. The van der Waals surface area contributed by atoms with Crippen molar-refractivity contribution in [2.45, 2.75) is 12.4 Å². The van der Waals surface area contributed by atoms with Crippen LogP contribution in [0.25, 0.3) is 5.76 Å². The van der Waals surface area contributed by atoms with Gasteiger partial charge in [0.25, 0.3) is 11.7 Å². The molecule has 10 heteroatoms. The predicted octanol–water partition coefficient (Wildman–Crippen LogP) is 5.26. The van der Waals surface area contributed by atoms with E-state index in [1.807, 2.05) is 0 Å². The molecule has 1 aliphatic rings. The third-order valence-electron chi connectivity index (χ3n) is 4.86. The Balaban J connectivity index is 1.84. The van der Waals surface area contributed by atoms with E-state index in [1.165, 1.54) is 30.5 Å². The van der Waals surface area contributed by atoms with Gasteiger partial charge in [-0.15, -0.1) is 13.2 Å². The molecule has 0 bridgehead atoms. The van der Waals surface area contributed by atoms with Crippen molar-refractivity contribution in [1.29, 1.82) is 0 Å². The van der Waals surface area contributed by atoms with Crippen LogP contribution < -0.4 is 9.64 Å². The second-order valence-corrected chi connectivity index (χ2v) is 7.41. The molecule has 1 aliphatic heterocycles. The summed E-state index contributed by atoms with van der Waals surface area (Å²) < 4.78 is 41.3. The molecular formula is C23H14ClF3N2O4. The first-order chi connectivity index (χ1) is 15.7. The Hall–Kier alpha value is -3.85. The van der Waals surface area contributed by atoms with Crippen molar-refractivity contribution >= 4 is 34.7 Å². The number of rotatable bonds is 4. The van der Waals surface area contributed by atoms with E-state index in [0.717, 1.165) is 17.0 Å². The molecule has 168 valence electrons. The Morgan fingerprint density at radius 3 is 2.36 bits per heavy atom. The van der Waals surface area contributed by atoms with Gasteiger partial charge in [-0.25, -0.2) is 0 Å². The van der Waals surface area contributed by atoms with Crippen molar-refractivity contribution in [3.05, 3.63) is 94.8 Å². The zero-order valence-corrected chi connectivity index (χ0v) is 17.3. The van der Waals surface area contributed by atoms with Gasteiger partial charge < -0.3 is 9.84 Å². The smallest absolute Gasteiger partial charge is 0.507 e. The fourth-order valence-electron chi connectivity index (χ4n) is 3.52. The molecule has 0 aliphatic carbocycles. The first-order valence-electron chi connectivity index (χ1n) is 9.49. The van der Waals surface area contributed by atoms with Gasteiger partial charge >= 0.3 is 6.36 Å². The first kappa shape index (κ1) is 22.3. The van der Waals surface area contributed by atoms with Crippen molar-refractivity contribution in [2.75, 3.05) is 4.90 Å². The molecule has 0 spiro atoms. The van der Waals surface area contributed by atoms with Crippen molar-refractivity contribution in [3.63, 3.8) is 0 Å². The van der Waals surface area contributed by atoms with Crippen LogP contribution in [0.1, 0.15) is 17.3 Å². The monoisotopic (exact) mass is 474 g/mol. The lowest BCUT2D eigenvalue weighted by Gasteiger charge is -2.24. The highest BCUT2D eigenvalue weighted by Crippen LogP contribution is 2.42. The molecule has 0 saturated carbocycles. The molecule has 2 aromatic carbocycles. The van der Waals surface area contributed by atoms with Crippen molar-refractivity contribution in [3.8, 4) is 5.75 Å². The number of ether oxygens (including phenoxy) is 1. The third-order valence-corrected chi connectivity index (χ3v) is 5.09. The number of Topliss-reactive ketones (excluding diaryl/α,β-unsaturated/α-hetero) is 1. The fraction of sp³-hybridized carbons (Fsp3) is 0.0870. The third kappa shape index (κ3) is 4.54. The molecule has 2 heterocycles. The number of aliphatic hydroxyl groups is 1. The van der Waals surface area contributed by atoms with E-state index in [9.17, 15) is 27.9 Å². The predicted molar refractivity (Wildman–Crippen MR) is 114 cm³/mol. The molecule has 4 rings (SSSR count). The van der Waals surface area contributed by atoms with Crippen molar-refractivity contribution in [2.24, 2.45) is 0 Å². The van der Waals surface area contributed by atoms with Crippen LogP contribution in [-0.4, -0.2) is 28.1 Å². The molecule has 3 aromatic rings. The zero-order valence-electron chi connectivity index (χ0n) is 16.6. The maximum Gasteiger partial charge on any atom is 0.573 e. The Morgan fingerprint density at radius 1 is 1.03 bits per heavy atom. The van der Waals surface area contributed by atoms with E-state index in [4.69, 9.17) is 11.6 Å². The zero-order chi connectivity index (χ0) is 23.8. The number of benzene rings is 2. The number of carbonyl (C=O) groups is 2. The number of amides is 1. The number of pyridine rings is 1. The maximum atomic E-state index is 13.0. The van der Waals surface area contributed by atoms with Gasteiger partial charge in [0.2, 0.25) is 0 Å². The summed E-state index contributed by atoms with van der Waals surface area (Å²) in [6.07, 6.45) is -3.43. The second kappa shape index (κ2) is 8.59. The molecule has 1 amide bonds. The normalized spacial score (nSPS) is 17.9. The van der Waals surface area contributed by atoms with Crippen molar-refractivity contribution < 1.29 is 32.6 Å². The topological polar surface area (TPSA) is 79.7 Å². The van der Waals surface area contributed by atoms with Gasteiger partial charge in [0.05, 0.1) is 11.3 Å². The van der Waals surface area contributed by atoms with E-state index in [-0.39, 0.29) is 22.5 Å².